The van der Waals surface area contributed by atoms with E-state index in [0.717, 1.165) is 17.1 Å². The minimum absolute atomic E-state index is 0.501. The van der Waals surface area contributed by atoms with Crippen LogP contribution in [0.3, 0.4) is 0 Å². The third-order valence-electron chi connectivity index (χ3n) is 2.64. The third kappa shape index (κ3) is 2.20. The average Bonchev–Trinajstić information content (AvgIpc) is 3.04. The fourth-order valence-electron chi connectivity index (χ4n) is 1.80. The highest BCUT2D eigenvalue weighted by molar-refractivity contribution is 5.65. The van der Waals surface area contributed by atoms with Gasteiger partial charge in [0.05, 0.1) is 12.7 Å². The van der Waals surface area contributed by atoms with E-state index in [0.29, 0.717) is 18.2 Å². The van der Waals surface area contributed by atoms with Gasteiger partial charge in [0.25, 0.3) is 0 Å². The van der Waals surface area contributed by atoms with Crippen molar-refractivity contribution >= 4 is 17.3 Å². The summed E-state index contributed by atoms with van der Waals surface area (Å²) >= 11 is 0. The van der Waals surface area contributed by atoms with Crippen molar-refractivity contribution in [1.29, 1.82) is 0 Å². The monoisotopic (exact) mass is 259 g/mol. The lowest BCUT2D eigenvalue weighted by atomic mass is 10.4. The van der Waals surface area contributed by atoms with Crippen LogP contribution in [0.1, 0.15) is 11.5 Å². The van der Waals surface area contributed by atoms with Gasteiger partial charge in [0.1, 0.15) is 11.5 Å². The summed E-state index contributed by atoms with van der Waals surface area (Å²) in [6, 6.07) is 1.86. The van der Waals surface area contributed by atoms with Crippen LogP contribution in [-0.2, 0) is 6.54 Å². The maximum Gasteiger partial charge on any atom is 0.180 e. The molecule has 8 heteroatoms. The number of aromatic nitrogens is 4. The maximum absolute atomic E-state index is 5.39. The molecule has 0 aliphatic rings. The Balaban J connectivity index is 1.88. The number of anilines is 2. The van der Waals surface area contributed by atoms with E-state index in [1.807, 2.05) is 23.6 Å². The van der Waals surface area contributed by atoms with Crippen LogP contribution in [0.4, 0.5) is 11.6 Å². The molecule has 98 valence electrons. The largest absolute Gasteiger partial charge is 0.361 e. The molecule has 0 spiro atoms. The molecule has 0 saturated heterocycles. The summed E-state index contributed by atoms with van der Waals surface area (Å²) in [4.78, 5) is 8.56. The van der Waals surface area contributed by atoms with E-state index in [1.165, 1.54) is 0 Å². The SMILES string of the molecule is Cc1cc(CNc2nc(NN)cn3ccnc23)no1. The summed E-state index contributed by atoms with van der Waals surface area (Å²) in [5.74, 6) is 7.33. The van der Waals surface area contributed by atoms with Gasteiger partial charge in [0, 0.05) is 18.5 Å². The molecule has 0 bridgehead atoms. The Morgan fingerprint density at radius 1 is 1.47 bits per heavy atom. The van der Waals surface area contributed by atoms with Crippen molar-refractivity contribution in [2.75, 3.05) is 10.7 Å². The average molecular weight is 259 g/mol. The first-order valence-electron chi connectivity index (χ1n) is 5.72. The van der Waals surface area contributed by atoms with Crippen LogP contribution in [0.2, 0.25) is 0 Å². The Hall–Kier alpha value is -2.61. The highest BCUT2D eigenvalue weighted by Gasteiger charge is 2.08. The van der Waals surface area contributed by atoms with Gasteiger partial charge in [-0.05, 0) is 6.92 Å². The Morgan fingerprint density at radius 2 is 2.37 bits per heavy atom. The Kier molecular flexibility index (Phi) is 2.76. The van der Waals surface area contributed by atoms with Crippen molar-refractivity contribution in [2.24, 2.45) is 5.84 Å². The summed E-state index contributed by atoms with van der Waals surface area (Å²) in [6.07, 6.45) is 5.28. The molecule has 0 unspecified atom stereocenters. The van der Waals surface area contributed by atoms with Crippen molar-refractivity contribution < 1.29 is 4.52 Å². The first-order chi connectivity index (χ1) is 9.26. The fraction of sp³-hybridized carbons (Fsp3) is 0.182. The van der Waals surface area contributed by atoms with Crippen molar-refractivity contribution in [2.45, 2.75) is 13.5 Å². The second-order valence-electron chi connectivity index (χ2n) is 4.06. The topological polar surface area (TPSA) is 106 Å². The number of fused-ring (bicyclic) bond motifs is 1. The zero-order valence-corrected chi connectivity index (χ0v) is 10.3. The van der Waals surface area contributed by atoms with Crippen LogP contribution < -0.4 is 16.6 Å². The van der Waals surface area contributed by atoms with Gasteiger partial charge in [0.2, 0.25) is 0 Å². The van der Waals surface area contributed by atoms with E-state index >= 15 is 0 Å². The van der Waals surface area contributed by atoms with E-state index in [-0.39, 0.29) is 0 Å². The summed E-state index contributed by atoms with van der Waals surface area (Å²) in [5, 5.41) is 7.07. The van der Waals surface area contributed by atoms with Crippen molar-refractivity contribution in [3.05, 3.63) is 36.1 Å². The fourth-order valence-corrected chi connectivity index (χ4v) is 1.80. The van der Waals surface area contributed by atoms with Crippen LogP contribution in [0, 0.1) is 6.92 Å². The molecule has 0 radical (unpaired) electrons. The van der Waals surface area contributed by atoms with Gasteiger partial charge in [-0.3, -0.25) is 0 Å². The van der Waals surface area contributed by atoms with Gasteiger partial charge in [-0.25, -0.2) is 15.8 Å². The molecule has 0 aliphatic heterocycles. The van der Waals surface area contributed by atoms with Crippen LogP contribution in [-0.4, -0.2) is 19.5 Å². The van der Waals surface area contributed by atoms with E-state index in [4.69, 9.17) is 10.4 Å². The van der Waals surface area contributed by atoms with Crippen molar-refractivity contribution in [3.63, 3.8) is 0 Å². The third-order valence-corrected chi connectivity index (χ3v) is 2.64. The van der Waals surface area contributed by atoms with Crippen LogP contribution >= 0.6 is 0 Å². The maximum atomic E-state index is 5.39. The van der Waals surface area contributed by atoms with Gasteiger partial charge in [-0.1, -0.05) is 5.16 Å². The number of hydrogen-bond acceptors (Lipinski definition) is 7. The first kappa shape index (κ1) is 11.5. The van der Waals surface area contributed by atoms with Gasteiger partial charge in [-0.2, -0.15) is 0 Å². The Bertz CT molecular complexity index is 702. The van der Waals surface area contributed by atoms with Gasteiger partial charge < -0.3 is 19.7 Å². The zero-order valence-electron chi connectivity index (χ0n) is 10.3. The number of rotatable bonds is 4. The van der Waals surface area contributed by atoms with Gasteiger partial charge in [0.15, 0.2) is 17.3 Å². The zero-order chi connectivity index (χ0) is 13.2. The minimum Gasteiger partial charge on any atom is -0.361 e. The minimum atomic E-state index is 0.501. The van der Waals surface area contributed by atoms with Crippen LogP contribution in [0.15, 0.2) is 29.2 Å². The molecule has 0 aliphatic carbocycles. The molecule has 8 nitrogen and oxygen atoms in total. The van der Waals surface area contributed by atoms with E-state index in [9.17, 15) is 0 Å². The molecular formula is C11H13N7O. The molecule has 0 atom stereocenters. The predicted molar refractivity (Wildman–Crippen MR) is 69.4 cm³/mol. The first-order valence-corrected chi connectivity index (χ1v) is 5.72. The number of aryl methyl sites for hydroxylation is 1. The molecule has 0 fully saturated rings. The summed E-state index contributed by atoms with van der Waals surface area (Å²) in [5.41, 5.74) is 4.04. The normalized spacial score (nSPS) is 10.8. The molecule has 0 aromatic carbocycles. The standard InChI is InChI=1S/C11H13N7O/c1-7-4-8(17-19-7)5-14-10-11-13-2-3-18(11)6-9(15-10)16-12/h2-4,6,16H,5,12H2,1H3,(H,14,15). The van der Waals surface area contributed by atoms with Crippen LogP contribution in [0.25, 0.3) is 5.65 Å². The molecule has 19 heavy (non-hydrogen) atoms. The quantitative estimate of drug-likeness (QED) is 0.472. The van der Waals surface area contributed by atoms with Gasteiger partial charge in [-0.15, -0.1) is 0 Å². The number of nitrogen functional groups attached to an aromatic ring is 1. The van der Waals surface area contributed by atoms with E-state index in [2.05, 4.69) is 25.9 Å². The molecular weight excluding hydrogens is 246 g/mol. The highest BCUT2D eigenvalue weighted by Crippen LogP contribution is 2.16. The Labute approximate surface area is 108 Å². The molecule has 3 rings (SSSR count). The Morgan fingerprint density at radius 3 is 3.11 bits per heavy atom. The number of hydrazine groups is 1. The van der Waals surface area contributed by atoms with Gasteiger partial charge >= 0.3 is 0 Å². The van der Waals surface area contributed by atoms with Crippen molar-refractivity contribution in [1.82, 2.24) is 19.5 Å². The van der Waals surface area contributed by atoms with E-state index < -0.39 is 0 Å². The number of nitrogens with two attached hydrogens (primary N) is 1. The smallest absolute Gasteiger partial charge is 0.180 e. The lowest BCUT2D eigenvalue weighted by Crippen LogP contribution is -2.12. The van der Waals surface area contributed by atoms with Crippen molar-refractivity contribution in [3.8, 4) is 0 Å². The predicted octanol–water partition coefficient (Wildman–Crippen LogP) is 0.923. The summed E-state index contributed by atoms with van der Waals surface area (Å²) in [6.45, 7) is 2.35. The second kappa shape index (κ2) is 4.58. The molecule has 0 amide bonds. The van der Waals surface area contributed by atoms with Crippen LogP contribution in [0.5, 0.6) is 0 Å². The van der Waals surface area contributed by atoms with E-state index in [1.54, 1.807) is 12.4 Å². The molecule has 0 saturated carbocycles. The molecule has 3 heterocycles. The lowest BCUT2D eigenvalue weighted by Gasteiger charge is -2.07. The lowest BCUT2D eigenvalue weighted by molar-refractivity contribution is 0.391. The molecule has 4 N–H and O–H groups in total. The number of imidazole rings is 1. The highest BCUT2D eigenvalue weighted by atomic mass is 16.5. The number of nitrogens with one attached hydrogen (secondary N) is 2. The molecule has 3 aromatic rings. The molecule has 3 aromatic heterocycles. The number of nitrogens with zero attached hydrogens (tertiary/aromatic N) is 4. The number of hydrogen-bond donors (Lipinski definition) is 3. The second-order valence-corrected chi connectivity index (χ2v) is 4.06. The summed E-state index contributed by atoms with van der Waals surface area (Å²) in [7, 11) is 0. The summed E-state index contributed by atoms with van der Waals surface area (Å²) < 4.78 is 6.84.